The normalized spacial score (nSPS) is 50.7. The molecule has 4 unspecified atom stereocenters. The van der Waals surface area contributed by atoms with Gasteiger partial charge in [-0.3, -0.25) is 0 Å². The maximum atomic E-state index is 3.53. The van der Waals surface area contributed by atoms with Gasteiger partial charge in [-0.2, -0.15) is 0 Å². The minimum Gasteiger partial charge on any atom is -0.316 e. The van der Waals surface area contributed by atoms with Crippen LogP contribution >= 0.6 is 0 Å². The monoisotopic (exact) mass is 153 g/mol. The zero-order valence-corrected chi connectivity index (χ0v) is 7.64. The SMILES string of the molecule is CC1C(C)C2CNCCCC12. The van der Waals surface area contributed by atoms with Crippen molar-refractivity contribution in [1.29, 1.82) is 0 Å². The molecule has 0 amide bonds. The standard InChI is InChI=1S/C10H19N/c1-7-8(2)10-6-11-5-3-4-9(7)10/h7-11H,3-6H2,1-2H3. The lowest BCUT2D eigenvalue weighted by Gasteiger charge is -2.49. The molecule has 0 aromatic carbocycles. The second-order valence-corrected chi connectivity index (χ2v) is 4.39. The third-order valence-electron chi connectivity index (χ3n) is 4.00. The van der Waals surface area contributed by atoms with Crippen LogP contribution < -0.4 is 5.32 Å². The molecular formula is C10H19N. The smallest absolute Gasteiger partial charge is 0.00151 e. The quantitative estimate of drug-likeness (QED) is 0.560. The summed E-state index contributed by atoms with van der Waals surface area (Å²) >= 11 is 0. The summed E-state index contributed by atoms with van der Waals surface area (Å²) in [4.78, 5) is 0. The lowest BCUT2D eigenvalue weighted by molar-refractivity contribution is 0.00549. The van der Waals surface area contributed by atoms with Crippen LogP contribution in [-0.4, -0.2) is 13.1 Å². The van der Waals surface area contributed by atoms with Crippen molar-refractivity contribution >= 4 is 0 Å². The highest BCUT2D eigenvalue weighted by molar-refractivity contribution is 4.94. The van der Waals surface area contributed by atoms with Crippen molar-refractivity contribution in [1.82, 2.24) is 5.32 Å². The van der Waals surface area contributed by atoms with Crippen LogP contribution in [0.25, 0.3) is 0 Å². The van der Waals surface area contributed by atoms with Crippen molar-refractivity contribution in [3.8, 4) is 0 Å². The largest absolute Gasteiger partial charge is 0.316 e. The van der Waals surface area contributed by atoms with Crippen molar-refractivity contribution < 1.29 is 0 Å². The average molecular weight is 153 g/mol. The molecule has 2 rings (SSSR count). The molecule has 0 aromatic heterocycles. The molecule has 1 heterocycles. The highest BCUT2D eigenvalue weighted by atomic mass is 14.9. The number of rotatable bonds is 0. The summed E-state index contributed by atoms with van der Waals surface area (Å²) in [5.41, 5.74) is 0. The van der Waals surface area contributed by atoms with E-state index in [4.69, 9.17) is 0 Å². The van der Waals surface area contributed by atoms with Gasteiger partial charge in [-0.05, 0) is 49.6 Å². The Bertz CT molecular complexity index is 128. The number of fused-ring (bicyclic) bond motifs is 1. The third kappa shape index (κ3) is 1.10. The van der Waals surface area contributed by atoms with E-state index in [1.54, 1.807) is 0 Å². The molecule has 1 saturated carbocycles. The van der Waals surface area contributed by atoms with Crippen LogP contribution in [0.5, 0.6) is 0 Å². The van der Waals surface area contributed by atoms with Crippen LogP contribution in [0.4, 0.5) is 0 Å². The van der Waals surface area contributed by atoms with Crippen LogP contribution in [0.15, 0.2) is 0 Å². The fourth-order valence-corrected chi connectivity index (χ4v) is 2.96. The molecule has 1 nitrogen and oxygen atoms in total. The Morgan fingerprint density at radius 1 is 1.09 bits per heavy atom. The molecule has 2 aliphatic rings. The lowest BCUT2D eigenvalue weighted by atomic mass is 9.57. The Labute approximate surface area is 69.6 Å². The van der Waals surface area contributed by atoms with E-state index in [2.05, 4.69) is 19.2 Å². The maximum absolute atomic E-state index is 3.53. The Hall–Kier alpha value is -0.0400. The molecular weight excluding hydrogens is 134 g/mol. The highest BCUT2D eigenvalue weighted by Gasteiger charge is 2.44. The summed E-state index contributed by atoms with van der Waals surface area (Å²) in [5, 5.41) is 3.53. The van der Waals surface area contributed by atoms with Crippen molar-refractivity contribution in [2.45, 2.75) is 26.7 Å². The predicted octanol–water partition coefficient (Wildman–Crippen LogP) is 1.89. The fourth-order valence-electron chi connectivity index (χ4n) is 2.96. The summed E-state index contributed by atoms with van der Waals surface area (Å²) in [5.74, 6) is 4.04. The van der Waals surface area contributed by atoms with E-state index in [-0.39, 0.29) is 0 Å². The third-order valence-corrected chi connectivity index (χ3v) is 4.00. The maximum Gasteiger partial charge on any atom is -0.00151 e. The van der Waals surface area contributed by atoms with Crippen molar-refractivity contribution in [3.05, 3.63) is 0 Å². The number of nitrogens with one attached hydrogen (secondary N) is 1. The number of hydrogen-bond donors (Lipinski definition) is 1. The van der Waals surface area contributed by atoms with E-state index in [1.165, 1.54) is 25.9 Å². The molecule has 0 bridgehead atoms. The van der Waals surface area contributed by atoms with Crippen LogP contribution in [0, 0.1) is 23.7 Å². The van der Waals surface area contributed by atoms with Gasteiger partial charge < -0.3 is 5.32 Å². The number of hydrogen-bond acceptors (Lipinski definition) is 1. The van der Waals surface area contributed by atoms with Crippen LogP contribution in [0.1, 0.15) is 26.7 Å². The molecule has 1 heteroatoms. The molecule has 2 fully saturated rings. The zero-order valence-electron chi connectivity index (χ0n) is 7.64. The van der Waals surface area contributed by atoms with E-state index >= 15 is 0 Å². The van der Waals surface area contributed by atoms with Crippen molar-refractivity contribution in [2.75, 3.05) is 13.1 Å². The van der Waals surface area contributed by atoms with Gasteiger partial charge in [0, 0.05) is 0 Å². The second kappa shape index (κ2) is 2.78. The minimum atomic E-state index is 0.977. The van der Waals surface area contributed by atoms with Crippen LogP contribution in [0.3, 0.4) is 0 Å². The van der Waals surface area contributed by atoms with Gasteiger partial charge in [0.1, 0.15) is 0 Å². The molecule has 1 saturated heterocycles. The second-order valence-electron chi connectivity index (χ2n) is 4.39. The Morgan fingerprint density at radius 3 is 2.64 bits per heavy atom. The highest BCUT2D eigenvalue weighted by Crippen LogP contribution is 2.48. The first-order valence-corrected chi connectivity index (χ1v) is 5.01. The Kier molecular flexibility index (Phi) is 1.92. The molecule has 1 aliphatic heterocycles. The Morgan fingerprint density at radius 2 is 1.82 bits per heavy atom. The zero-order chi connectivity index (χ0) is 7.84. The lowest BCUT2D eigenvalue weighted by Crippen LogP contribution is -2.46. The van der Waals surface area contributed by atoms with Gasteiger partial charge in [-0.15, -0.1) is 0 Å². The summed E-state index contributed by atoms with van der Waals surface area (Å²) < 4.78 is 0. The first-order chi connectivity index (χ1) is 5.30. The predicted molar refractivity (Wildman–Crippen MR) is 47.4 cm³/mol. The first kappa shape index (κ1) is 7.60. The van der Waals surface area contributed by atoms with Crippen LogP contribution in [0.2, 0.25) is 0 Å². The van der Waals surface area contributed by atoms with Gasteiger partial charge in [0.2, 0.25) is 0 Å². The van der Waals surface area contributed by atoms with E-state index in [0.29, 0.717) is 0 Å². The Balaban J connectivity index is 1.99. The van der Waals surface area contributed by atoms with E-state index in [1.807, 2.05) is 0 Å². The summed E-state index contributed by atoms with van der Waals surface area (Å²) in [6.07, 6.45) is 2.88. The summed E-state index contributed by atoms with van der Waals surface area (Å²) in [6.45, 7) is 7.39. The minimum absolute atomic E-state index is 0.977. The summed E-state index contributed by atoms with van der Waals surface area (Å²) in [6, 6.07) is 0. The molecule has 4 atom stereocenters. The molecule has 1 aliphatic carbocycles. The van der Waals surface area contributed by atoms with Gasteiger partial charge in [0.05, 0.1) is 0 Å². The van der Waals surface area contributed by atoms with Crippen molar-refractivity contribution in [3.63, 3.8) is 0 Å². The summed E-state index contributed by atoms with van der Waals surface area (Å²) in [7, 11) is 0. The van der Waals surface area contributed by atoms with E-state index in [0.717, 1.165) is 23.7 Å². The fraction of sp³-hybridized carbons (Fsp3) is 1.00. The molecule has 0 radical (unpaired) electrons. The van der Waals surface area contributed by atoms with E-state index in [9.17, 15) is 0 Å². The molecule has 64 valence electrons. The van der Waals surface area contributed by atoms with Crippen molar-refractivity contribution in [2.24, 2.45) is 23.7 Å². The van der Waals surface area contributed by atoms with Gasteiger partial charge in [-0.25, -0.2) is 0 Å². The van der Waals surface area contributed by atoms with Gasteiger partial charge in [-0.1, -0.05) is 13.8 Å². The van der Waals surface area contributed by atoms with Gasteiger partial charge >= 0.3 is 0 Å². The van der Waals surface area contributed by atoms with Gasteiger partial charge in [0.15, 0.2) is 0 Å². The van der Waals surface area contributed by atoms with Gasteiger partial charge in [0.25, 0.3) is 0 Å². The average Bonchev–Trinajstić information content (AvgIpc) is 2.25. The first-order valence-electron chi connectivity index (χ1n) is 5.01. The molecule has 11 heavy (non-hydrogen) atoms. The topological polar surface area (TPSA) is 12.0 Å². The molecule has 1 N–H and O–H groups in total. The van der Waals surface area contributed by atoms with Crippen LogP contribution in [-0.2, 0) is 0 Å². The van der Waals surface area contributed by atoms with E-state index < -0.39 is 0 Å². The molecule has 0 aromatic rings. The molecule has 0 spiro atoms.